The SMILES string of the molecule is CC1(O)NC(=O)C=C1c1ccccc1Cl. The number of benzene rings is 1. The molecule has 2 N–H and O–H groups in total. The number of nitrogens with one attached hydrogen (secondary N) is 1. The average molecular weight is 224 g/mol. The Balaban J connectivity index is 2.53. The van der Waals surface area contributed by atoms with Gasteiger partial charge < -0.3 is 10.4 Å². The zero-order valence-corrected chi connectivity index (χ0v) is 8.88. The van der Waals surface area contributed by atoms with Crippen LogP contribution in [0.25, 0.3) is 5.57 Å². The number of hydrogen-bond acceptors (Lipinski definition) is 2. The van der Waals surface area contributed by atoms with E-state index in [0.29, 0.717) is 16.2 Å². The van der Waals surface area contributed by atoms with Crippen LogP contribution in [0.15, 0.2) is 30.3 Å². The maximum atomic E-state index is 11.2. The van der Waals surface area contributed by atoms with Gasteiger partial charge in [0, 0.05) is 22.2 Å². The molecular weight excluding hydrogens is 214 g/mol. The van der Waals surface area contributed by atoms with E-state index in [1.807, 2.05) is 0 Å². The molecule has 2 rings (SSSR count). The third-order valence-electron chi connectivity index (χ3n) is 2.33. The van der Waals surface area contributed by atoms with Crippen LogP contribution in [0.3, 0.4) is 0 Å². The summed E-state index contributed by atoms with van der Waals surface area (Å²) in [5.41, 5.74) is -0.178. The molecular formula is C11H10ClNO2. The van der Waals surface area contributed by atoms with Crippen molar-refractivity contribution in [2.45, 2.75) is 12.6 Å². The van der Waals surface area contributed by atoms with Crippen molar-refractivity contribution in [2.24, 2.45) is 0 Å². The Morgan fingerprint density at radius 3 is 2.60 bits per heavy atom. The zero-order chi connectivity index (χ0) is 11.1. The molecule has 4 heteroatoms. The highest BCUT2D eigenvalue weighted by Gasteiger charge is 2.35. The molecule has 0 saturated carbocycles. The molecule has 0 aliphatic carbocycles. The Kier molecular flexibility index (Phi) is 2.29. The minimum absolute atomic E-state index is 0.310. The van der Waals surface area contributed by atoms with E-state index in [2.05, 4.69) is 5.32 Å². The van der Waals surface area contributed by atoms with Crippen LogP contribution in [0.4, 0.5) is 0 Å². The van der Waals surface area contributed by atoms with Crippen LogP contribution < -0.4 is 5.32 Å². The Hall–Kier alpha value is -1.32. The molecule has 0 aromatic heterocycles. The van der Waals surface area contributed by atoms with Crippen LogP contribution >= 0.6 is 11.6 Å². The zero-order valence-electron chi connectivity index (χ0n) is 8.12. The molecule has 3 nitrogen and oxygen atoms in total. The second kappa shape index (κ2) is 3.36. The topological polar surface area (TPSA) is 49.3 Å². The Morgan fingerprint density at radius 1 is 1.40 bits per heavy atom. The van der Waals surface area contributed by atoms with E-state index in [-0.39, 0.29) is 5.91 Å². The Morgan fingerprint density at radius 2 is 2.07 bits per heavy atom. The van der Waals surface area contributed by atoms with Gasteiger partial charge in [-0.3, -0.25) is 4.79 Å². The van der Waals surface area contributed by atoms with Gasteiger partial charge in [0.1, 0.15) is 0 Å². The van der Waals surface area contributed by atoms with Crippen molar-refractivity contribution in [3.8, 4) is 0 Å². The molecule has 0 spiro atoms. The van der Waals surface area contributed by atoms with Crippen LogP contribution in [0, 0.1) is 0 Å². The van der Waals surface area contributed by atoms with E-state index in [1.54, 1.807) is 24.3 Å². The van der Waals surface area contributed by atoms with Crippen molar-refractivity contribution in [3.05, 3.63) is 40.9 Å². The lowest BCUT2D eigenvalue weighted by atomic mass is 9.99. The summed E-state index contributed by atoms with van der Waals surface area (Å²) in [5, 5.41) is 12.9. The summed E-state index contributed by atoms with van der Waals surface area (Å²) in [7, 11) is 0. The first-order valence-corrected chi connectivity index (χ1v) is 4.90. The lowest BCUT2D eigenvalue weighted by Crippen LogP contribution is -2.40. The van der Waals surface area contributed by atoms with Gasteiger partial charge in [-0.15, -0.1) is 0 Å². The first-order valence-electron chi connectivity index (χ1n) is 4.52. The molecule has 1 aromatic carbocycles. The number of rotatable bonds is 1. The van der Waals surface area contributed by atoms with Crippen LogP contribution in [0.2, 0.25) is 5.02 Å². The lowest BCUT2D eigenvalue weighted by Gasteiger charge is -2.21. The predicted octanol–water partition coefficient (Wildman–Crippen LogP) is 1.56. The maximum Gasteiger partial charge on any atom is 0.246 e. The van der Waals surface area contributed by atoms with Gasteiger partial charge in [0.25, 0.3) is 0 Å². The van der Waals surface area contributed by atoms with Gasteiger partial charge in [0.05, 0.1) is 0 Å². The molecule has 1 amide bonds. The number of aliphatic hydroxyl groups is 1. The smallest absolute Gasteiger partial charge is 0.246 e. The second-order valence-corrected chi connectivity index (χ2v) is 4.01. The third-order valence-corrected chi connectivity index (χ3v) is 2.66. The van der Waals surface area contributed by atoms with E-state index in [1.165, 1.54) is 13.0 Å². The number of carbonyl (C=O) groups is 1. The standard InChI is InChI=1S/C11H10ClNO2/c1-11(15)8(6-10(14)13-11)7-4-2-3-5-9(7)12/h2-6,15H,1H3,(H,13,14). The summed E-state index contributed by atoms with van der Waals surface area (Å²) in [6, 6.07) is 7.09. The minimum Gasteiger partial charge on any atom is -0.367 e. The van der Waals surface area contributed by atoms with Crippen LogP contribution in [0.1, 0.15) is 12.5 Å². The van der Waals surface area contributed by atoms with Gasteiger partial charge in [0.15, 0.2) is 5.72 Å². The van der Waals surface area contributed by atoms with Crippen molar-refractivity contribution in [2.75, 3.05) is 0 Å². The average Bonchev–Trinajstić information content (AvgIpc) is 2.40. The summed E-state index contributed by atoms with van der Waals surface area (Å²) in [6.07, 6.45) is 1.36. The van der Waals surface area contributed by atoms with Crippen LogP contribution in [-0.2, 0) is 4.79 Å². The minimum atomic E-state index is -1.35. The summed E-state index contributed by atoms with van der Waals surface area (Å²) < 4.78 is 0. The van der Waals surface area contributed by atoms with Gasteiger partial charge in [-0.05, 0) is 13.0 Å². The normalized spacial score (nSPS) is 25.0. The number of halogens is 1. The molecule has 1 heterocycles. The monoisotopic (exact) mass is 223 g/mol. The highest BCUT2D eigenvalue weighted by atomic mass is 35.5. The highest BCUT2D eigenvalue weighted by Crippen LogP contribution is 2.33. The number of amides is 1. The lowest BCUT2D eigenvalue weighted by molar-refractivity contribution is -0.119. The molecule has 0 fully saturated rings. The molecule has 1 unspecified atom stereocenters. The molecule has 15 heavy (non-hydrogen) atoms. The van der Waals surface area contributed by atoms with Gasteiger partial charge in [-0.1, -0.05) is 29.8 Å². The van der Waals surface area contributed by atoms with Crippen molar-refractivity contribution in [3.63, 3.8) is 0 Å². The molecule has 1 aliphatic rings. The number of hydrogen-bond donors (Lipinski definition) is 2. The summed E-state index contributed by atoms with van der Waals surface area (Å²) in [4.78, 5) is 11.2. The van der Waals surface area contributed by atoms with Gasteiger partial charge in [-0.25, -0.2) is 0 Å². The van der Waals surface area contributed by atoms with E-state index in [4.69, 9.17) is 11.6 Å². The molecule has 1 aromatic rings. The number of carbonyl (C=O) groups excluding carboxylic acids is 1. The Bertz CT molecular complexity index is 452. The van der Waals surface area contributed by atoms with E-state index >= 15 is 0 Å². The fourth-order valence-corrected chi connectivity index (χ4v) is 1.87. The molecule has 1 aliphatic heterocycles. The fourth-order valence-electron chi connectivity index (χ4n) is 1.63. The van der Waals surface area contributed by atoms with Gasteiger partial charge in [0.2, 0.25) is 5.91 Å². The van der Waals surface area contributed by atoms with Crippen molar-refractivity contribution >= 4 is 23.1 Å². The van der Waals surface area contributed by atoms with E-state index in [9.17, 15) is 9.90 Å². The first-order chi connectivity index (χ1) is 7.00. The highest BCUT2D eigenvalue weighted by molar-refractivity contribution is 6.32. The largest absolute Gasteiger partial charge is 0.367 e. The molecule has 78 valence electrons. The predicted molar refractivity (Wildman–Crippen MR) is 58.2 cm³/mol. The quantitative estimate of drug-likeness (QED) is 0.759. The Labute approximate surface area is 92.4 Å². The third kappa shape index (κ3) is 1.76. The van der Waals surface area contributed by atoms with Crippen molar-refractivity contribution < 1.29 is 9.90 Å². The maximum absolute atomic E-state index is 11.2. The fraction of sp³-hybridized carbons (Fsp3) is 0.182. The van der Waals surface area contributed by atoms with Crippen molar-refractivity contribution in [1.82, 2.24) is 5.32 Å². The molecule has 1 atom stereocenters. The molecule has 0 saturated heterocycles. The molecule has 0 bridgehead atoms. The van der Waals surface area contributed by atoms with Gasteiger partial charge >= 0.3 is 0 Å². The van der Waals surface area contributed by atoms with Gasteiger partial charge in [-0.2, -0.15) is 0 Å². The van der Waals surface area contributed by atoms with Crippen molar-refractivity contribution in [1.29, 1.82) is 0 Å². The van der Waals surface area contributed by atoms with E-state index < -0.39 is 5.72 Å². The van der Waals surface area contributed by atoms with Crippen LogP contribution in [0.5, 0.6) is 0 Å². The summed E-state index contributed by atoms with van der Waals surface area (Å²) >= 11 is 5.99. The summed E-state index contributed by atoms with van der Waals surface area (Å²) in [6.45, 7) is 1.52. The first kappa shape index (κ1) is 10.2. The molecule has 0 radical (unpaired) electrons. The van der Waals surface area contributed by atoms with Crippen LogP contribution in [-0.4, -0.2) is 16.7 Å². The van der Waals surface area contributed by atoms with E-state index in [0.717, 1.165) is 0 Å². The second-order valence-electron chi connectivity index (χ2n) is 3.60. The summed E-state index contributed by atoms with van der Waals surface area (Å²) in [5.74, 6) is -0.310.